The van der Waals surface area contributed by atoms with Gasteiger partial charge in [-0.15, -0.1) is 0 Å². The van der Waals surface area contributed by atoms with Crippen molar-refractivity contribution in [2.75, 3.05) is 9.80 Å². The molecule has 1 heterocycles. The lowest BCUT2D eigenvalue weighted by Crippen LogP contribution is -2.28. The molecule has 0 saturated carbocycles. The van der Waals surface area contributed by atoms with E-state index in [9.17, 15) is 0 Å². The summed E-state index contributed by atoms with van der Waals surface area (Å²) in [6.45, 7) is 0. The average Bonchev–Trinajstić information content (AvgIpc) is 1.53. The monoisotopic (exact) mass is 1430 g/mol. The van der Waals surface area contributed by atoms with Crippen molar-refractivity contribution in [3.8, 4) is 77.9 Å². The molecule has 19 aromatic carbocycles. The summed E-state index contributed by atoms with van der Waals surface area (Å²) in [7, 11) is 0. The zero-order chi connectivity index (χ0) is 74.3. The second-order valence-corrected chi connectivity index (χ2v) is 29.0. The number of benzene rings is 19. The first-order valence-electron chi connectivity index (χ1n) is 38.5. The van der Waals surface area contributed by atoms with E-state index in [0.717, 1.165) is 67.2 Å². The third-order valence-electron chi connectivity index (χ3n) is 22.6. The Kier molecular flexibility index (Phi) is 17.2. The molecule has 1 aliphatic carbocycles. The van der Waals surface area contributed by atoms with Crippen LogP contribution < -0.4 is 9.80 Å². The molecule has 20 aromatic rings. The lowest BCUT2D eigenvalue weighted by Gasteiger charge is -2.35. The van der Waals surface area contributed by atoms with Gasteiger partial charge in [-0.05, 0) is 206 Å². The zero-order valence-electron chi connectivity index (χ0n) is 61.5. The van der Waals surface area contributed by atoms with E-state index in [2.05, 4.69) is 447 Å². The largest absolute Gasteiger partial charge is 0.455 e. The quantitative estimate of drug-likeness (QED) is 0.101. The molecule has 21 rings (SSSR count). The Labute approximate surface area is 652 Å². The number of fused-ring (bicyclic) bond motifs is 12. The normalized spacial score (nSPS) is 12.0. The minimum Gasteiger partial charge on any atom is -0.455 e. The number of furan rings is 1. The van der Waals surface area contributed by atoms with E-state index in [4.69, 9.17) is 4.42 Å². The molecule has 3 nitrogen and oxygen atoms in total. The highest BCUT2D eigenvalue weighted by atomic mass is 16.3. The van der Waals surface area contributed by atoms with Crippen molar-refractivity contribution in [3.63, 3.8) is 0 Å². The number of anilines is 6. The summed E-state index contributed by atoms with van der Waals surface area (Å²) in [5, 5.41) is 9.87. The fourth-order valence-corrected chi connectivity index (χ4v) is 17.3. The Morgan fingerprint density at radius 1 is 0.170 bits per heavy atom. The Hall–Kier alpha value is -14.6. The highest BCUT2D eigenvalue weighted by Crippen LogP contribution is 2.58. The van der Waals surface area contributed by atoms with E-state index < -0.39 is 5.41 Å². The highest BCUT2D eigenvalue weighted by molar-refractivity contribution is 6.26. The molecule has 0 aliphatic heterocycles. The van der Waals surface area contributed by atoms with Crippen LogP contribution in [0, 0.1) is 0 Å². The molecule has 0 spiro atoms. The topological polar surface area (TPSA) is 19.6 Å². The van der Waals surface area contributed by atoms with Crippen LogP contribution in [0.2, 0.25) is 0 Å². The van der Waals surface area contributed by atoms with Crippen LogP contribution in [0.5, 0.6) is 0 Å². The van der Waals surface area contributed by atoms with Gasteiger partial charge in [0.15, 0.2) is 0 Å². The SMILES string of the molecule is c1ccc(-c2ccc(-c3ccc(N(c4ccc(-c5ccc(-c6ccccc6)cc5)cc4)c4cccc(-c5cccc6c5oc5ccccc56)c4)cc3)cc2)cc1.c1ccc(-c2ccc(N(c3ccc4c(c3)C(c3ccccc3)(c3ccccc3)c3ccccc3-4)c3ccc4c5ccccc5c5ccccc5c4c3)cc2)cc1. The minimum atomic E-state index is -0.494. The van der Waals surface area contributed by atoms with E-state index >= 15 is 0 Å². The molecule has 1 aliphatic rings. The Morgan fingerprint density at radius 3 is 0.973 bits per heavy atom. The zero-order valence-corrected chi connectivity index (χ0v) is 61.5. The van der Waals surface area contributed by atoms with Gasteiger partial charge in [-0.1, -0.05) is 370 Å². The van der Waals surface area contributed by atoms with Gasteiger partial charge in [0.05, 0.1) is 5.41 Å². The summed E-state index contributed by atoms with van der Waals surface area (Å²) >= 11 is 0. The van der Waals surface area contributed by atoms with E-state index in [-0.39, 0.29) is 0 Å². The summed E-state index contributed by atoms with van der Waals surface area (Å²) in [5.41, 5.74) is 29.7. The number of nitrogens with zero attached hydrogens (tertiary/aromatic N) is 2. The van der Waals surface area contributed by atoms with E-state index in [1.54, 1.807) is 0 Å². The maximum absolute atomic E-state index is 6.47. The summed E-state index contributed by atoms with van der Waals surface area (Å²) in [6.07, 6.45) is 0. The second kappa shape index (κ2) is 28.8. The highest BCUT2D eigenvalue weighted by Gasteiger charge is 2.46. The molecule has 3 heteroatoms. The lowest BCUT2D eigenvalue weighted by molar-refractivity contribution is 0.670. The molecule has 0 N–H and O–H groups in total. The molecule has 0 atom stereocenters. The van der Waals surface area contributed by atoms with Crippen LogP contribution in [0.15, 0.2) is 453 Å². The maximum atomic E-state index is 6.47. The fraction of sp³-hybridized carbons (Fsp3) is 0.00917. The predicted octanol–water partition coefficient (Wildman–Crippen LogP) is 30.0. The van der Waals surface area contributed by atoms with E-state index in [1.165, 1.54) is 121 Å². The van der Waals surface area contributed by atoms with Crippen molar-refractivity contribution < 1.29 is 4.42 Å². The molecule has 0 radical (unpaired) electrons. The van der Waals surface area contributed by atoms with Gasteiger partial charge >= 0.3 is 0 Å². The first-order chi connectivity index (χ1) is 55.5. The third-order valence-corrected chi connectivity index (χ3v) is 22.6. The van der Waals surface area contributed by atoms with Crippen LogP contribution in [-0.2, 0) is 5.41 Å². The molecule has 526 valence electrons. The minimum absolute atomic E-state index is 0.494. The van der Waals surface area contributed by atoms with Crippen molar-refractivity contribution >= 4 is 88.4 Å². The molecule has 1 aromatic heterocycles. The Morgan fingerprint density at radius 2 is 0.482 bits per heavy atom. The van der Waals surface area contributed by atoms with Crippen molar-refractivity contribution in [2.24, 2.45) is 0 Å². The van der Waals surface area contributed by atoms with E-state index in [0.29, 0.717) is 0 Å². The van der Waals surface area contributed by atoms with Gasteiger partial charge in [0, 0.05) is 50.5 Å². The molecule has 0 unspecified atom stereocenters. The van der Waals surface area contributed by atoms with Gasteiger partial charge in [0.1, 0.15) is 11.2 Å². The lowest BCUT2D eigenvalue weighted by atomic mass is 9.67. The first kappa shape index (κ1) is 66.8. The summed E-state index contributed by atoms with van der Waals surface area (Å²) < 4.78 is 6.47. The van der Waals surface area contributed by atoms with Crippen molar-refractivity contribution in [3.05, 3.63) is 471 Å². The number of hydrogen-bond acceptors (Lipinski definition) is 3. The van der Waals surface area contributed by atoms with Crippen molar-refractivity contribution in [1.29, 1.82) is 0 Å². The van der Waals surface area contributed by atoms with Gasteiger partial charge in [-0.3, -0.25) is 0 Å². The summed E-state index contributed by atoms with van der Waals surface area (Å²) in [5.74, 6) is 0. The smallest absolute Gasteiger partial charge is 0.143 e. The molecule has 0 bridgehead atoms. The fourth-order valence-electron chi connectivity index (χ4n) is 17.3. The molecular weight excluding hydrogens is 1350 g/mol. The van der Waals surface area contributed by atoms with Gasteiger partial charge in [-0.25, -0.2) is 0 Å². The first-order valence-corrected chi connectivity index (χ1v) is 38.5. The number of rotatable bonds is 14. The van der Waals surface area contributed by atoms with Crippen LogP contribution in [0.25, 0.3) is 132 Å². The summed E-state index contributed by atoms with van der Waals surface area (Å²) in [4.78, 5) is 4.79. The van der Waals surface area contributed by atoms with E-state index in [1.807, 2.05) is 12.1 Å². The molecule has 0 amide bonds. The molecule has 0 saturated heterocycles. The molecule has 112 heavy (non-hydrogen) atoms. The van der Waals surface area contributed by atoms with Crippen molar-refractivity contribution in [1.82, 2.24) is 0 Å². The molecular formula is C109H74N2O. The van der Waals surface area contributed by atoms with Crippen LogP contribution in [-0.4, -0.2) is 0 Å². The Balaban J connectivity index is 0.000000146. The number of para-hydroxylation sites is 2. The second-order valence-electron chi connectivity index (χ2n) is 29.0. The van der Waals surface area contributed by atoms with Crippen LogP contribution in [0.3, 0.4) is 0 Å². The van der Waals surface area contributed by atoms with Crippen LogP contribution in [0.4, 0.5) is 34.1 Å². The van der Waals surface area contributed by atoms with Gasteiger partial charge in [0.25, 0.3) is 0 Å². The van der Waals surface area contributed by atoms with Gasteiger partial charge in [-0.2, -0.15) is 0 Å². The third kappa shape index (κ3) is 12.1. The van der Waals surface area contributed by atoms with Gasteiger partial charge in [0.2, 0.25) is 0 Å². The van der Waals surface area contributed by atoms with Gasteiger partial charge < -0.3 is 14.2 Å². The standard InChI is InChI=1S/C55H37N.C54H37NO/c1-4-16-38(17-5-1)39-28-30-42(31-29-39)56(43-32-34-49-47-24-11-10-22-45(47)46-23-12-13-25-48(46)52(49)36-43)44-33-35-51-50-26-14-15-27-53(50)55(54(51)37-44,40-18-6-2-7-19-40)41-20-8-3-9-21-41;1-3-11-38(12-4-1)40-21-25-42(26-22-40)44-29-33-47(34-30-44)55(48-35-31-45(32-36-48)43-27-23-41(24-28-43)39-13-5-2-6-14-39)49-16-9-15-46(37-49)50-18-10-19-52-51-17-7-8-20-53(51)56-54(50)52/h2*1-37H. The summed E-state index contributed by atoms with van der Waals surface area (Å²) in [6, 6.07) is 163. The number of hydrogen-bond donors (Lipinski definition) is 0. The molecule has 0 fully saturated rings. The van der Waals surface area contributed by atoms with Crippen LogP contribution in [0.1, 0.15) is 22.3 Å². The Bertz CT molecular complexity index is 6600. The predicted molar refractivity (Wildman–Crippen MR) is 472 cm³/mol. The maximum Gasteiger partial charge on any atom is 0.143 e. The average molecular weight is 1430 g/mol. The van der Waals surface area contributed by atoms with Crippen LogP contribution >= 0.6 is 0 Å². The van der Waals surface area contributed by atoms with Crippen molar-refractivity contribution in [2.45, 2.75) is 5.41 Å².